The Bertz CT molecular complexity index is 640. The molecule has 0 aliphatic carbocycles. The molecule has 0 saturated carbocycles. The summed E-state index contributed by atoms with van der Waals surface area (Å²) in [6, 6.07) is 7.85. The molecule has 0 fully saturated rings. The van der Waals surface area contributed by atoms with E-state index in [1.54, 1.807) is 26.0 Å². The molecule has 2 N–H and O–H groups in total. The summed E-state index contributed by atoms with van der Waals surface area (Å²) in [6.45, 7) is 3.69. The molecule has 7 nitrogen and oxygen atoms in total. The molecular formula is C18H29BrIN5O2. The zero-order chi connectivity index (χ0) is 19.5. The summed E-state index contributed by atoms with van der Waals surface area (Å²) in [6.07, 6.45) is 0.340. The van der Waals surface area contributed by atoms with Crippen LogP contribution in [0.2, 0.25) is 0 Å². The first-order chi connectivity index (χ1) is 12.3. The molecular weight excluding hydrogens is 525 g/mol. The van der Waals surface area contributed by atoms with Gasteiger partial charge in [-0.1, -0.05) is 34.1 Å². The van der Waals surface area contributed by atoms with E-state index in [2.05, 4.69) is 31.6 Å². The molecule has 1 rings (SSSR count). The van der Waals surface area contributed by atoms with Gasteiger partial charge in [0.15, 0.2) is 5.96 Å². The zero-order valence-electron chi connectivity index (χ0n) is 16.3. The molecule has 1 aromatic rings. The van der Waals surface area contributed by atoms with E-state index in [4.69, 9.17) is 0 Å². The third-order valence-corrected chi connectivity index (χ3v) is 4.41. The molecule has 0 aromatic heterocycles. The maximum atomic E-state index is 12.3. The highest BCUT2D eigenvalue weighted by atomic mass is 127. The van der Waals surface area contributed by atoms with Crippen LogP contribution in [0.1, 0.15) is 18.9 Å². The summed E-state index contributed by atoms with van der Waals surface area (Å²) in [5.74, 6) is 0.490. The van der Waals surface area contributed by atoms with Crippen LogP contribution in [0.3, 0.4) is 0 Å². The Hall–Kier alpha value is -1.36. The predicted molar refractivity (Wildman–Crippen MR) is 123 cm³/mol. The van der Waals surface area contributed by atoms with E-state index < -0.39 is 0 Å². The Morgan fingerprint density at radius 1 is 1.11 bits per heavy atom. The van der Waals surface area contributed by atoms with Crippen LogP contribution >= 0.6 is 39.9 Å². The third-order valence-electron chi connectivity index (χ3n) is 3.64. The maximum absolute atomic E-state index is 12.3. The summed E-state index contributed by atoms with van der Waals surface area (Å²) >= 11 is 3.50. The van der Waals surface area contributed by atoms with Crippen LogP contribution in [0.25, 0.3) is 0 Å². The molecule has 0 unspecified atom stereocenters. The first-order valence-electron chi connectivity index (χ1n) is 8.54. The van der Waals surface area contributed by atoms with E-state index in [-0.39, 0.29) is 42.3 Å². The molecule has 0 atom stereocenters. The second-order valence-corrected chi connectivity index (χ2v) is 6.86. The number of hydrogen-bond acceptors (Lipinski definition) is 3. The lowest BCUT2D eigenvalue weighted by Gasteiger charge is -2.19. The number of likely N-dealkylation sites (N-methyl/N-ethyl adjacent to an activating group) is 1. The van der Waals surface area contributed by atoms with Gasteiger partial charge in [0.05, 0.1) is 0 Å². The minimum Gasteiger partial charge on any atom is -0.357 e. The van der Waals surface area contributed by atoms with Gasteiger partial charge in [-0.3, -0.25) is 9.59 Å². The number of halogens is 2. The zero-order valence-corrected chi connectivity index (χ0v) is 20.2. The Labute approximate surface area is 187 Å². The molecule has 0 radical (unpaired) electrons. The summed E-state index contributed by atoms with van der Waals surface area (Å²) in [4.78, 5) is 31.3. The summed E-state index contributed by atoms with van der Waals surface area (Å²) in [5.41, 5.74) is 1.06. The highest BCUT2D eigenvalue weighted by Crippen LogP contribution is 2.17. The van der Waals surface area contributed by atoms with Gasteiger partial charge in [-0.2, -0.15) is 0 Å². The molecule has 0 spiro atoms. The van der Waals surface area contributed by atoms with Gasteiger partial charge in [-0.15, -0.1) is 24.0 Å². The number of carbonyl (C=O) groups excluding carboxylic acids is 2. The van der Waals surface area contributed by atoms with Gasteiger partial charge < -0.3 is 20.4 Å². The molecule has 27 heavy (non-hydrogen) atoms. The monoisotopic (exact) mass is 553 g/mol. The summed E-state index contributed by atoms with van der Waals surface area (Å²) in [5, 5.41) is 6.15. The van der Waals surface area contributed by atoms with Gasteiger partial charge >= 0.3 is 0 Å². The molecule has 0 bridgehead atoms. The lowest BCUT2D eigenvalue weighted by atomic mass is 10.2. The number of benzene rings is 1. The van der Waals surface area contributed by atoms with Gasteiger partial charge in [0, 0.05) is 51.7 Å². The topological polar surface area (TPSA) is 77.0 Å². The van der Waals surface area contributed by atoms with Gasteiger partial charge in [0.2, 0.25) is 11.8 Å². The van der Waals surface area contributed by atoms with Gasteiger partial charge in [0.1, 0.15) is 6.54 Å². The van der Waals surface area contributed by atoms with E-state index >= 15 is 0 Å². The highest BCUT2D eigenvalue weighted by Gasteiger charge is 2.11. The largest absolute Gasteiger partial charge is 0.357 e. The van der Waals surface area contributed by atoms with E-state index in [1.807, 2.05) is 31.2 Å². The van der Waals surface area contributed by atoms with Crippen molar-refractivity contribution in [3.63, 3.8) is 0 Å². The number of aliphatic imine (C=N–C) groups is 1. The Kier molecular flexibility index (Phi) is 13.1. The van der Waals surface area contributed by atoms with Crippen LogP contribution in [-0.4, -0.2) is 68.4 Å². The average Bonchev–Trinajstić information content (AvgIpc) is 2.60. The number of amides is 2. The van der Waals surface area contributed by atoms with Crippen LogP contribution in [0.15, 0.2) is 33.7 Å². The second kappa shape index (κ2) is 13.8. The first-order valence-corrected chi connectivity index (χ1v) is 9.34. The highest BCUT2D eigenvalue weighted by molar-refractivity contribution is 14.0. The Morgan fingerprint density at radius 2 is 1.78 bits per heavy atom. The minimum absolute atomic E-state index is 0. The summed E-state index contributed by atoms with van der Waals surface area (Å²) in [7, 11) is 5.17. The van der Waals surface area contributed by atoms with Crippen molar-refractivity contribution in [1.29, 1.82) is 0 Å². The number of nitrogens with zero attached hydrogens (tertiary/aromatic N) is 3. The molecule has 0 saturated heterocycles. The maximum Gasteiger partial charge on any atom is 0.243 e. The molecule has 152 valence electrons. The fourth-order valence-electron chi connectivity index (χ4n) is 2.08. The van der Waals surface area contributed by atoms with Crippen molar-refractivity contribution in [1.82, 2.24) is 20.4 Å². The Balaban J connectivity index is 0.00000676. The smallest absolute Gasteiger partial charge is 0.243 e. The average molecular weight is 554 g/mol. The number of rotatable bonds is 8. The lowest BCUT2D eigenvalue weighted by molar-refractivity contribution is -0.130. The molecule has 0 aliphatic rings. The molecule has 9 heteroatoms. The first kappa shape index (κ1) is 25.6. The van der Waals surface area contributed by atoms with E-state index in [1.165, 1.54) is 4.90 Å². The van der Waals surface area contributed by atoms with E-state index in [0.717, 1.165) is 10.0 Å². The SMILES string of the molecule is CCNC(=NCC(=O)N(C)C)NCCC(=O)N(C)Cc1ccccc1Br.I. The molecule has 2 amide bonds. The number of hydrogen-bond donors (Lipinski definition) is 2. The van der Waals surface area contributed by atoms with Gasteiger partial charge in [0.25, 0.3) is 0 Å². The minimum atomic E-state index is -0.0774. The van der Waals surface area contributed by atoms with Crippen molar-refractivity contribution in [2.24, 2.45) is 4.99 Å². The van der Waals surface area contributed by atoms with Crippen LogP contribution in [0, 0.1) is 0 Å². The summed E-state index contributed by atoms with van der Waals surface area (Å²) < 4.78 is 0.991. The molecule has 0 heterocycles. The third kappa shape index (κ3) is 9.94. The lowest BCUT2D eigenvalue weighted by Crippen LogP contribution is -2.40. The number of nitrogens with one attached hydrogen (secondary N) is 2. The molecule has 1 aromatic carbocycles. The standard InChI is InChI=1S/C18H28BrN5O2.HI/c1-5-20-18(22-12-17(26)23(2)3)21-11-10-16(25)24(4)13-14-8-6-7-9-15(14)19;/h6-9H,5,10-13H2,1-4H3,(H2,20,21,22);1H. The van der Waals surface area contributed by atoms with Crippen molar-refractivity contribution in [2.75, 3.05) is 40.8 Å². The van der Waals surface area contributed by atoms with Crippen molar-refractivity contribution < 1.29 is 9.59 Å². The van der Waals surface area contributed by atoms with Crippen LogP contribution < -0.4 is 10.6 Å². The van der Waals surface area contributed by atoms with Crippen LogP contribution in [0.4, 0.5) is 0 Å². The van der Waals surface area contributed by atoms with Crippen molar-refractivity contribution in [3.8, 4) is 0 Å². The van der Waals surface area contributed by atoms with Crippen LogP contribution in [0.5, 0.6) is 0 Å². The normalized spacial score (nSPS) is 10.6. The number of guanidine groups is 1. The van der Waals surface area contributed by atoms with Gasteiger partial charge in [-0.05, 0) is 18.6 Å². The van der Waals surface area contributed by atoms with Crippen molar-refractivity contribution in [3.05, 3.63) is 34.3 Å². The van der Waals surface area contributed by atoms with Crippen molar-refractivity contribution >= 4 is 57.7 Å². The second-order valence-electron chi connectivity index (χ2n) is 6.00. The van der Waals surface area contributed by atoms with Crippen molar-refractivity contribution in [2.45, 2.75) is 19.9 Å². The van der Waals surface area contributed by atoms with Crippen LogP contribution in [-0.2, 0) is 16.1 Å². The Morgan fingerprint density at radius 3 is 2.37 bits per heavy atom. The number of carbonyl (C=O) groups is 2. The predicted octanol–water partition coefficient (Wildman–Crippen LogP) is 2.06. The van der Waals surface area contributed by atoms with Gasteiger partial charge in [-0.25, -0.2) is 4.99 Å². The quantitative estimate of drug-likeness (QED) is 0.293. The fraction of sp³-hybridized carbons (Fsp3) is 0.500. The fourth-order valence-corrected chi connectivity index (χ4v) is 2.49. The van der Waals surface area contributed by atoms with E-state index in [0.29, 0.717) is 32.0 Å². The van der Waals surface area contributed by atoms with E-state index in [9.17, 15) is 9.59 Å². The molecule has 0 aliphatic heterocycles.